The lowest BCUT2D eigenvalue weighted by molar-refractivity contribution is 0.166. The average Bonchev–Trinajstić information content (AvgIpc) is 3.02. The Bertz CT molecular complexity index is 532. The lowest BCUT2D eigenvalue weighted by atomic mass is 9.94. The van der Waals surface area contributed by atoms with Gasteiger partial charge in [-0.25, -0.2) is 9.97 Å². The minimum atomic E-state index is 0.510. The summed E-state index contributed by atoms with van der Waals surface area (Å²) in [6.45, 7) is 6.82. The molecule has 1 aliphatic rings. The van der Waals surface area contributed by atoms with Crippen molar-refractivity contribution < 1.29 is 0 Å². The first-order chi connectivity index (χ1) is 9.74. The highest BCUT2D eigenvalue weighted by Gasteiger charge is 2.23. The minimum Gasteiger partial charge on any atom is -0.300 e. The van der Waals surface area contributed by atoms with E-state index in [-0.39, 0.29) is 0 Å². The van der Waals surface area contributed by atoms with E-state index in [0.717, 1.165) is 18.1 Å². The van der Waals surface area contributed by atoms with Crippen molar-refractivity contribution in [3.63, 3.8) is 0 Å². The van der Waals surface area contributed by atoms with Crippen molar-refractivity contribution in [1.29, 1.82) is 0 Å². The van der Waals surface area contributed by atoms with Crippen LogP contribution in [0, 0.1) is 0 Å². The van der Waals surface area contributed by atoms with E-state index in [2.05, 4.69) is 33.7 Å². The number of hydrogen-bond donors (Lipinski definition) is 0. The number of imidazole rings is 1. The van der Waals surface area contributed by atoms with Crippen LogP contribution < -0.4 is 0 Å². The van der Waals surface area contributed by atoms with Crippen LogP contribution in [0.5, 0.6) is 0 Å². The van der Waals surface area contributed by atoms with Gasteiger partial charge in [-0.2, -0.15) is 0 Å². The van der Waals surface area contributed by atoms with Gasteiger partial charge in [0.2, 0.25) is 0 Å². The molecule has 20 heavy (non-hydrogen) atoms. The molecule has 2 aromatic rings. The van der Waals surface area contributed by atoms with Crippen molar-refractivity contribution in [2.45, 2.75) is 38.6 Å². The molecule has 1 fully saturated rings. The molecule has 1 saturated heterocycles. The third-order valence-electron chi connectivity index (χ3n) is 4.03. The molecule has 0 aliphatic carbocycles. The Balaban J connectivity index is 1.74. The van der Waals surface area contributed by atoms with E-state index in [9.17, 15) is 0 Å². The van der Waals surface area contributed by atoms with Crippen LogP contribution in [-0.4, -0.2) is 43.6 Å². The molecule has 1 atom stereocenters. The van der Waals surface area contributed by atoms with Crippen LogP contribution in [0.4, 0.5) is 0 Å². The highest BCUT2D eigenvalue weighted by molar-refractivity contribution is 5.20. The van der Waals surface area contributed by atoms with E-state index in [1.807, 2.05) is 23.2 Å². The maximum atomic E-state index is 4.61. The second-order valence-electron chi connectivity index (χ2n) is 5.70. The Morgan fingerprint density at radius 1 is 1.25 bits per heavy atom. The highest BCUT2D eigenvalue weighted by atomic mass is 15.2. The molecule has 2 aromatic heterocycles. The second-order valence-corrected chi connectivity index (χ2v) is 5.70. The molecule has 106 valence electrons. The van der Waals surface area contributed by atoms with Gasteiger partial charge in [-0.1, -0.05) is 0 Å². The van der Waals surface area contributed by atoms with Gasteiger partial charge in [-0.15, -0.1) is 0 Å². The van der Waals surface area contributed by atoms with Crippen molar-refractivity contribution in [3.8, 4) is 5.82 Å². The van der Waals surface area contributed by atoms with Crippen molar-refractivity contribution in [2.75, 3.05) is 13.1 Å². The molecular formula is C15H21N5. The Hall–Kier alpha value is -1.75. The van der Waals surface area contributed by atoms with Crippen molar-refractivity contribution in [3.05, 3.63) is 36.8 Å². The molecule has 1 unspecified atom stereocenters. The fourth-order valence-electron chi connectivity index (χ4n) is 2.79. The number of hydrogen-bond acceptors (Lipinski definition) is 4. The lowest BCUT2D eigenvalue weighted by Gasteiger charge is -2.35. The predicted octanol–water partition coefficient (Wildman–Crippen LogP) is 2.25. The van der Waals surface area contributed by atoms with Gasteiger partial charge in [0.25, 0.3) is 0 Å². The Kier molecular flexibility index (Phi) is 3.78. The standard InChI is InChI=1S/C15H21N5/c1-12(2)19-6-3-4-13(10-19)14-8-18-15(9-17-14)20-7-5-16-11-20/h5,7-9,11-13H,3-4,6,10H2,1-2H3. The summed E-state index contributed by atoms with van der Waals surface area (Å²) in [5, 5.41) is 0. The summed E-state index contributed by atoms with van der Waals surface area (Å²) in [5.41, 5.74) is 1.11. The zero-order chi connectivity index (χ0) is 13.9. The van der Waals surface area contributed by atoms with E-state index < -0.39 is 0 Å². The first kappa shape index (κ1) is 13.2. The first-order valence-corrected chi connectivity index (χ1v) is 7.28. The fourth-order valence-corrected chi connectivity index (χ4v) is 2.79. The molecule has 5 heteroatoms. The number of likely N-dealkylation sites (tertiary alicyclic amines) is 1. The van der Waals surface area contributed by atoms with Gasteiger partial charge < -0.3 is 4.90 Å². The molecular weight excluding hydrogens is 250 g/mol. The largest absolute Gasteiger partial charge is 0.300 e. The fraction of sp³-hybridized carbons (Fsp3) is 0.533. The molecule has 0 bridgehead atoms. The van der Waals surface area contributed by atoms with Gasteiger partial charge in [0.1, 0.15) is 6.33 Å². The number of piperidine rings is 1. The normalized spacial score (nSPS) is 20.4. The predicted molar refractivity (Wildman–Crippen MR) is 77.8 cm³/mol. The van der Waals surface area contributed by atoms with Crippen LogP contribution in [0.2, 0.25) is 0 Å². The zero-order valence-electron chi connectivity index (χ0n) is 12.1. The molecule has 1 aliphatic heterocycles. The van der Waals surface area contributed by atoms with Gasteiger partial charge in [-0.05, 0) is 33.2 Å². The number of rotatable bonds is 3. The van der Waals surface area contributed by atoms with E-state index in [4.69, 9.17) is 0 Å². The van der Waals surface area contributed by atoms with Crippen LogP contribution in [0.3, 0.4) is 0 Å². The quantitative estimate of drug-likeness (QED) is 0.859. The van der Waals surface area contributed by atoms with Crippen LogP contribution >= 0.6 is 0 Å². The Labute approximate surface area is 119 Å². The molecule has 0 N–H and O–H groups in total. The molecule has 5 nitrogen and oxygen atoms in total. The van der Waals surface area contributed by atoms with Crippen LogP contribution in [0.1, 0.15) is 38.3 Å². The molecule has 0 aromatic carbocycles. The first-order valence-electron chi connectivity index (χ1n) is 7.28. The summed E-state index contributed by atoms with van der Waals surface area (Å²) in [6, 6.07) is 0.607. The minimum absolute atomic E-state index is 0.510. The maximum Gasteiger partial charge on any atom is 0.156 e. The smallest absolute Gasteiger partial charge is 0.156 e. The molecule has 3 rings (SSSR count). The van der Waals surface area contributed by atoms with Gasteiger partial charge >= 0.3 is 0 Å². The topological polar surface area (TPSA) is 46.8 Å². The third kappa shape index (κ3) is 2.72. The molecule has 0 amide bonds. The van der Waals surface area contributed by atoms with Gasteiger partial charge in [0.15, 0.2) is 5.82 Å². The molecule has 0 saturated carbocycles. The Morgan fingerprint density at radius 2 is 2.15 bits per heavy atom. The van der Waals surface area contributed by atoms with Crippen LogP contribution in [0.15, 0.2) is 31.1 Å². The van der Waals surface area contributed by atoms with Gasteiger partial charge in [0, 0.05) is 30.9 Å². The average molecular weight is 271 g/mol. The summed E-state index contributed by atoms with van der Waals surface area (Å²) in [5.74, 6) is 1.33. The van der Waals surface area contributed by atoms with Crippen LogP contribution in [0.25, 0.3) is 5.82 Å². The number of nitrogens with zero attached hydrogens (tertiary/aromatic N) is 5. The van der Waals surface area contributed by atoms with Crippen molar-refractivity contribution in [2.24, 2.45) is 0 Å². The van der Waals surface area contributed by atoms with Crippen molar-refractivity contribution >= 4 is 0 Å². The summed E-state index contributed by atoms with van der Waals surface area (Å²) in [4.78, 5) is 15.7. The van der Waals surface area contributed by atoms with Gasteiger partial charge in [0.05, 0.1) is 18.1 Å². The lowest BCUT2D eigenvalue weighted by Crippen LogP contribution is -2.39. The summed E-state index contributed by atoms with van der Waals surface area (Å²) < 4.78 is 1.87. The molecule has 0 spiro atoms. The Morgan fingerprint density at radius 3 is 2.80 bits per heavy atom. The summed E-state index contributed by atoms with van der Waals surface area (Å²) >= 11 is 0. The van der Waals surface area contributed by atoms with Gasteiger partial charge in [-0.3, -0.25) is 9.55 Å². The number of aromatic nitrogens is 4. The van der Waals surface area contributed by atoms with E-state index in [0.29, 0.717) is 12.0 Å². The highest BCUT2D eigenvalue weighted by Crippen LogP contribution is 2.26. The maximum absolute atomic E-state index is 4.61. The third-order valence-corrected chi connectivity index (χ3v) is 4.03. The van der Waals surface area contributed by atoms with E-state index in [1.165, 1.54) is 19.4 Å². The van der Waals surface area contributed by atoms with Crippen molar-refractivity contribution in [1.82, 2.24) is 24.4 Å². The zero-order valence-corrected chi connectivity index (χ0v) is 12.1. The summed E-state index contributed by atoms with van der Waals surface area (Å²) in [6.07, 6.45) is 11.6. The van der Waals surface area contributed by atoms with E-state index in [1.54, 1.807) is 12.5 Å². The SMILES string of the molecule is CC(C)N1CCCC(c2cnc(-n3ccnc3)cn2)C1. The summed E-state index contributed by atoms with van der Waals surface area (Å²) in [7, 11) is 0. The second kappa shape index (κ2) is 5.71. The molecule has 3 heterocycles. The molecule has 0 radical (unpaired) electrons. The monoisotopic (exact) mass is 271 g/mol. The van der Waals surface area contributed by atoms with Crippen LogP contribution in [-0.2, 0) is 0 Å². The van der Waals surface area contributed by atoms with E-state index >= 15 is 0 Å².